The van der Waals surface area contributed by atoms with Crippen molar-refractivity contribution in [3.8, 4) is 0 Å². The molecule has 5 heteroatoms. The molecule has 1 aromatic rings. The smallest absolute Gasteiger partial charge is 0.146 e. The summed E-state index contributed by atoms with van der Waals surface area (Å²) in [5.74, 6) is -0.215. The van der Waals surface area contributed by atoms with E-state index in [0.29, 0.717) is 18.7 Å². The highest BCUT2D eigenvalue weighted by molar-refractivity contribution is 5.58. The Balaban J connectivity index is 2.39. The Labute approximate surface area is 126 Å². The molecule has 3 atom stereocenters. The van der Waals surface area contributed by atoms with Crippen LogP contribution in [0.2, 0.25) is 0 Å². The maximum atomic E-state index is 14.5. The van der Waals surface area contributed by atoms with Crippen LogP contribution in [0.25, 0.3) is 0 Å². The number of nitrogens with zero attached hydrogens (tertiary/aromatic N) is 2. The van der Waals surface area contributed by atoms with E-state index in [1.165, 1.54) is 6.07 Å². The second-order valence-corrected chi connectivity index (χ2v) is 6.15. The first-order chi connectivity index (χ1) is 9.93. The van der Waals surface area contributed by atoms with E-state index in [1.54, 1.807) is 6.07 Å². The summed E-state index contributed by atoms with van der Waals surface area (Å²) in [6.45, 7) is 3.31. The normalized spacial score (nSPS) is 23.9. The maximum absolute atomic E-state index is 14.5. The first-order valence-corrected chi connectivity index (χ1v) is 7.49. The van der Waals surface area contributed by atoms with E-state index in [9.17, 15) is 9.50 Å². The van der Waals surface area contributed by atoms with Gasteiger partial charge in [-0.1, -0.05) is 12.1 Å². The molecule has 1 saturated heterocycles. The van der Waals surface area contributed by atoms with Crippen LogP contribution < -0.4 is 10.2 Å². The zero-order valence-electron chi connectivity index (χ0n) is 13.3. The van der Waals surface area contributed by atoms with Crippen LogP contribution >= 0.6 is 0 Å². The molecule has 1 heterocycles. The van der Waals surface area contributed by atoms with Crippen molar-refractivity contribution in [3.05, 3.63) is 29.6 Å². The highest BCUT2D eigenvalue weighted by atomic mass is 19.1. The summed E-state index contributed by atoms with van der Waals surface area (Å²) in [6, 6.07) is 5.40. The van der Waals surface area contributed by atoms with Crippen LogP contribution in [-0.2, 0) is 0 Å². The lowest BCUT2D eigenvalue weighted by Gasteiger charge is -2.32. The van der Waals surface area contributed by atoms with Crippen molar-refractivity contribution in [1.82, 2.24) is 10.2 Å². The summed E-state index contributed by atoms with van der Waals surface area (Å²) >= 11 is 0. The third kappa shape index (κ3) is 3.54. The Morgan fingerprint density at radius 1 is 1.48 bits per heavy atom. The molecule has 0 spiro atoms. The Hall–Kier alpha value is -1.17. The molecule has 0 aliphatic carbocycles. The van der Waals surface area contributed by atoms with Gasteiger partial charge in [0, 0.05) is 25.2 Å². The molecule has 0 aromatic heterocycles. The molecule has 1 aliphatic rings. The van der Waals surface area contributed by atoms with E-state index >= 15 is 0 Å². The summed E-state index contributed by atoms with van der Waals surface area (Å²) in [4.78, 5) is 4.11. The number of benzene rings is 1. The number of hydrogen-bond acceptors (Lipinski definition) is 4. The minimum atomic E-state index is -0.396. The topological polar surface area (TPSA) is 38.7 Å². The molecule has 1 aliphatic heterocycles. The Morgan fingerprint density at radius 2 is 2.19 bits per heavy atom. The number of para-hydroxylation sites is 1. The fraction of sp³-hybridized carbons (Fsp3) is 0.625. The average Bonchev–Trinajstić information content (AvgIpc) is 2.77. The monoisotopic (exact) mass is 295 g/mol. The molecule has 0 amide bonds. The van der Waals surface area contributed by atoms with Crippen LogP contribution in [0.3, 0.4) is 0 Å². The van der Waals surface area contributed by atoms with Gasteiger partial charge >= 0.3 is 0 Å². The third-order valence-electron chi connectivity index (χ3n) is 4.17. The van der Waals surface area contributed by atoms with E-state index in [4.69, 9.17) is 0 Å². The molecule has 21 heavy (non-hydrogen) atoms. The maximum Gasteiger partial charge on any atom is 0.146 e. The van der Waals surface area contributed by atoms with Crippen molar-refractivity contribution >= 4 is 5.69 Å². The number of aliphatic hydroxyl groups is 1. The fourth-order valence-electron chi connectivity index (χ4n) is 3.10. The molecule has 2 rings (SSSR count). The van der Waals surface area contributed by atoms with E-state index in [1.807, 2.05) is 39.0 Å². The standard InChI is InChI=1S/C16H26FN3O/c1-11(18-2)14-6-5-7-15(17)16(14)20-10-13(21)8-12(20)9-19(3)4/h5-7,11-13,18,21H,8-10H2,1-4H3. The van der Waals surface area contributed by atoms with Crippen molar-refractivity contribution in [3.63, 3.8) is 0 Å². The predicted octanol–water partition coefficient (Wildman–Crippen LogP) is 1.61. The van der Waals surface area contributed by atoms with E-state index in [2.05, 4.69) is 10.2 Å². The Morgan fingerprint density at radius 3 is 2.81 bits per heavy atom. The van der Waals surface area contributed by atoms with Crippen LogP contribution in [0, 0.1) is 5.82 Å². The van der Waals surface area contributed by atoms with Crippen molar-refractivity contribution in [2.75, 3.05) is 39.1 Å². The van der Waals surface area contributed by atoms with E-state index in [-0.39, 0.29) is 17.9 Å². The SMILES string of the molecule is CNC(C)c1cccc(F)c1N1CC(O)CC1CN(C)C. The highest BCUT2D eigenvalue weighted by Gasteiger charge is 2.34. The summed E-state index contributed by atoms with van der Waals surface area (Å²) in [6.07, 6.45) is 0.284. The Bertz CT molecular complexity index is 481. The lowest BCUT2D eigenvalue weighted by molar-refractivity contribution is 0.191. The molecule has 118 valence electrons. The van der Waals surface area contributed by atoms with Crippen LogP contribution in [0.1, 0.15) is 24.9 Å². The van der Waals surface area contributed by atoms with Gasteiger partial charge in [-0.25, -0.2) is 4.39 Å². The van der Waals surface area contributed by atoms with Crippen LogP contribution in [-0.4, -0.2) is 56.4 Å². The largest absolute Gasteiger partial charge is 0.391 e. The number of nitrogens with one attached hydrogen (secondary N) is 1. The fourth-order valence-corrected chi connectivity index (χ4v) is 3.10. The van der Waals surface area contributed by atoms with Crippen LogP contribution in [0.5, 0.6) is 0 Å². The molecule has 3 unspecified atom stereocenters. The van der Waals surface area contributed by atoms with E-state index in [0.717, 1.165) is 12.1 Å². The van der Waals surface area contributed by atoms with Gasteiger partial charge in [-0.3, -0.25) is 0 Å². The van der Waals surface area contributed by atoms with Gasteiger partial charge in [-0.2, -0.15) is 0 Å². The van der Waals surface area contributed by atoms with Gasteiger partial charge in [0.05, 0.1) is 11.8 Å². The van der Waals surface area contributed by atoms with Gasteiger partial charge in [0.2, 0.25) is 0 Å². The van der Waals surface area contributed by atoms with Crippen LogP contribution in [0.4, 0.5) is 10.1 Å². The van der Waals surface area contributed by atoms with Gasteiger partial charge in [-0.15, -0.1) is 0 Å². The molecule has 0 bridgehead atoms. The molecule has 1 aromatic carbocycles. The Kier molecular flexibility index (Phi) is 5.19. The number of β-amino-alcohol motifs (C(OH)–C–C–N with tert-alkyl or cyclic N) is 1. The molecular formula is C16H26FN3O. The lowest BCUT2D eigenvalue weighted by atomic mass is 10.0. The first-order valence-electron chi connectivity index (χ1n) is 7.49. The number of halogens is 1. The third-order valence-corrected chi connectivity index (χ3v) is 4.17. The zero-order chi connectivity index (χ0) is 15.6. The molecular weight excluding hydrogens is 269 g/mol. The van der Waals surface area contributed by atoms with Crippen LogP contribution in [0.15, 0.2) is 18.2 Å². The van der Waals surface area contributed by atoms with Crippen molar-refractivity contribution in [2.45, 2.75) is 31.5 Å². The molecule has 1 fully saturated rings. The van der Waals surface area contributed by atoms with Gasteiger partial charge in [0.1, 0.15) is 5.82 Å². The quantitative estimate of drug-likeness (QED) is 0.865. The van der Waals surface area contributed by atoms with Crippen molar-refractivity contribution < 1.29 is 9.50 Å². The van der Waals surface area contributed by atoms with Crippen molar-refractivity contribution in [2.24, 2.45) is 0 Å². The number of likely N-dealkylation sites (N-methyl/N-ethyl adjacent to an activating group) is 1. The number of rotatable bonds is 5. The van der Waals surface area contributed by atoms with Gasteiger partial charge in [0.15, 0.2) is 0 Å². The molecule has 0 saturated carbocycles. The number of aliphatic hydroxyl groups excluding tert-OH is 1. The predicted molar refractivity (Wildman–Crippen MR) is 84.2 cm³/mol. The van der Waals surface area contributed by atoms with Crippen molar-refractivity contribution in [1.29, 1.82) is 0 Å². The second-order valence-electron chi connectivity index (χ2n) is 6.15. The average molecular weight is 295 g/mol. The molecule has 0 radical (unpaired) electrons. The highest BCUT2D eigenvalue weighted by Crippen LogP contribution is 2.34. The minimum Gasteiger partial charge on any atom is -0.391 e. The lowest BCUT2D eigenvalue weighted by Crippen LogP contribution is -2.39. The second kappa shape index (κ2) is 6.73. The number of hydrogen-bond donors (Lipinski definition) is 2. The zero-order valence-corrected chi connectivity index (χ0v) is 13.3. The summed E-state index contributed by atoms with van der Waals surface area (Å²) in [7, 11) is 5.87. The minimum absolute atomic E-state index is 0.0634. The first kappa shape index (κ1) is 16.2. The number of anilines is 1. The van der Waals surface area contributed by atoms with Gasteiger partial charge in [-0.05, 0) is 46.1 Å². The summed E-state index contributed by atoms with van der Waals surface area (Å²) in [5, 5.41) is 13.2. The van der Waals surface area contributed by atoms with E-state index < -0.39 is 6.10 Å². The van der Waals surface area contributed by atoms with Gasteiger partial charge < -0.3 is 20.2 Å². The molecule has 2 N–H and O–H groups in total. The van der Waals surface area contributed by atoms with Gasteiger partial charge in [0.25, 0.3) is 0 Å². The molecule has 4 nitrogen and oxygen atoms in total. The summed E-state index contributed by atoms with van der Waals surface area (Å²) in [5.41, 5.74) is 1.57. The summed E-state index contributed by atoms with van der Waals surface area (Å²) < 4.78 is 14.5.